The average Bonchev–Trinajstić information content (AvgIpc) is 3.95. The van der Waals surface area contributed by atoms with Crippen molar-refractivity contribution in [2.24, 2.45) is 0 Å². The normalized spacial score (nSPS) is 11.9. The topological polar surface area (TPSA) is 56.7 Å². The first kappa shape index (κ1) is 31.9. The van der Waals surface area contributed by atoms with Crippen molar-refractivity contribution < 1.29 is 4.42 Å². The number of furan rings is 1. The van der Waals surface area contributed by atoms with Crippen LogP contribution in [0.25, 0.3) is 115 Å². The van der Waals surface area contributed by atoms with Gasteiger partial charge in [-0.05, 0) is 59.7 Å². The highest BCUT2D eigenvalue weighted by molar-refractivity contribution is 7.25. The van der Waals surface area contributed by atoms with Crippen LogP contribution in [0.15, 0.2) is 186 Å². The molecule has 6 heteroatoms. The van der Waals surface area contributed by atoms with Crippen molar-refractivity contribution in [3.8, 4) is 51.0 Å². The summed E-state index contributed by atoms with van der Waals surface area (Å²) in [7, 11) is 0. The minimum atomic E-state index is 0.562. The van der Waals surface area contributed by atoms with Crippen molar-refractivity contribution in [3.63, 3.8) is 0 Å². The van der Waals surface area contributed by atoms with Crippen LogP contribution in [-0.2, 0) is 0 Å². The molecule has 8 aromatic carbocycles. The molecular weight excluding hydrogens is 717 g/mol. The molecule has 0 aliphatic carbocycles. The highest BCUT2D eigenvalue weighted by Gasteiger charge is 2.21. The van der Waals surface area contributed by atoms with Crippen LogP contribution in [0, 0.1) is 0 Å². The maximum absolute atomic E-state index is 6.85. The van der Waals surface area contributed by atoms with Gasteiger partial charge in [-0.25, -0.2) is 15.0 Å². The lowest BCUT2D eigenvalue weighted by molar-refractivity contribution is 0.670. The van der Waals surface area contributed by atoms with Crippen LogP contribution in [0.1, 0.15) is 0 Å². The number of thiophene rings is 1. The SMILES string of the molecule is c1ccc(-c2ccc(-c3nc(-c4ccc5c(c4)sc4ccccc45)nc(-c4cccc5c4oc4cc6c7ccccc7n(-c7ccccc7)c6cc45)n3)cc2)cc1. The first-order valence-electron chi connectivity index (χ1n) is 19.0. The van der Waals surface area contributed by atoms with E-state index < -0.39 is 0 Å². The number of hydrogen-bond donors (Lipinski definition) is 0. The Bertz CT molecular complexity index is 3510. The number of nitrogens with zero attached hydrogens (tertiary/aromatic N) is 4. The molecule has 57 heavy (non-hydrogen) atoms. The summed E-state index contributed by atoms with van der Waals surface area (Å²) in [5.41, 5.74) is 9.94. The van der Waals surface area contributed by atoms with Crippen LogP contribution in [0.2, 0.25) is 0 Å². The molecule has 4 aromatic heterocycles. The van der Waals surface area contributed by atoms with Gasteiger partial charge in [0.25, 0.3) is 0 Å². The summed E-state index contributed by atoms with van der Waals surface area (Å²) >= 11 is 1.79. The number of aromatic nitrogens is 4. The summed E-state index contributed by atoms with van der Waals surface area (Å²) in [5, 5.41) is 6.87. The third-order valence-electron chi connectivity index (χ3n) is 11.1. The molecule has 0 aliphatic rings. The van der Waals surface area contributed by atoms with Crippen LogP contribution in [0.5, 0.6) is 0 Å². The third kappa shape index (κ3) is 5.12. The minimum Gasteiger partial charge on any atom is -0.455 e. The summed E-state index contributed by atoms with van der Waals surface area (Å²) in [6, 6.07) is 63.8. The molecule has 12 aromatic rings. The van der Waals surface area contributed by atoms with Crippen LogP contribution >= 0.6 is 11.3 Å². The second kappa shape index (κ2) is 12.6. The molecule has 0 unspecified atom stereocenters. The van der Waals surface area contributed by atoms with Crippen LogP contribution in [0.4, 0.5) is 0 Å². The maximum Gasteiger partial charge on any atom is 0.167 e. The van der Waals surface area contributed by atoms with Gasteiger partial charge in [0, 0.05) is 58.5 Å². The molecule has 266 valence electrons. The predicted molar refractivity (Wildman–Crippen MR) is 236 cm³/mol. The molecule has 0 atom stereocenters. The van der Waals surface area contributed by atoms with Gasteiger partial charge in [0.1, 0.15) is 11.2 Å². The van der Waals surface area contributed by atoms with Gasteiger partial charge in [0.15, 0.2) is 17.5 Å². The number of fused-ring (bicyclic) bond motifs is 9. The number of hydrogen-bond acceptors (Lipinski definition) is 5. The van der Waals surface area contributed by atoms with Gasteiger partial charge < -0.3 is 8.98 Å². The quantitative estimate of drug-likeness (QED) is 0.176. The predicted octanol–water partition coefficient (Wildman–Crippen LogP) is 13.9. The number of rotatable bonds is 5. The highest BCUT2D eigenvalue weighted by Crippen LogP contribution is 2.41. The van der Waals surface area contributed by atoms with Crippen LogP contribution in [-0.4, -0.2) is 19.5 Å². The summed E-state index contributed by atoms with van der Waals surface area (Å²) < 4.78 is 11.6. The molecule has 0 amide bonds. The molecule has 0 aliphatic heterocycles. The Morgan fingerprint density at radius 3 is 1.86 bits per heavy atom. The second-order valence-corrected chi connectivity index (χ2v) is 15.5. The van der Waals surface area contributed by atoms with Gasteiger partial charge in [-0.2, -0.15) is 0 Å². The zero-order chi connectivity index (χ0) is 37.5. The van der Waals surface area contributed by atoms with Crippen LogP contribution < -0.4 is 0 Å². The van der Waals surface area contributed by atoms with Gasteiger partial charge in [0.2, 0.25) is 0 Å². The molecule has 0 radical (unpaired) electrons. The van der Waals surface area contributed by atoms with Gasteiger partial charge in [0.05, 0.1) is 16.6 Å². The molecule has 0 fully saturated rings. The number of benzene rings is 8. The zero-order valence-corrected chi connectivity index (χ0v) is 31.2. The van der Waals surface area contributed by atoms with Gasteiger partial charge in [-0.15, -0.1) is 11.3 Å². The van der Waals surface area contributed by atoms with Gasteiger partial charge in [-0.3, -0.25) is 0 Å². The van der Waals surface area contributed by atoms with E-state index in [9.17, 15) is 0 Å². The van der Waals surface area contributed by atoms with E-state index >= 15 is 0 Å². The van der Waals surface area contributed by atoms with E-state index in [0.29, 0.717) is 17.5 Å². The van der Waals surface area contributed by atoms with Crippen LogP contribution in [0.3, 0.4) is 0 Å². The molecule has 0 bridgehead atoms. The summed E-state index contributed by atoms with van der Waals surface area (Å²) in [6.45, 7) is 0. The Kier molecular flexibility index (Phi) is 7.03. The molecule has 0 saturated heterocycles. The van der Waals surface area contributed by atoms with Crippen molar-refractivity contribution in [1.82, 2.24) is 19.5 Å². The Morgan fingerprint density at radius 2 is 1.02 bits per heavy atom. The second-order valence-electron chi connectivity index (χ2n) is 14.4. The lowest BCUT2D eigenvalue weighted by Crippen LogP contribution is -2.00. The molecule has 4 heterocycles. The first-order valence-corrected chi connectivity index (χ1v) is 19.8. The van der Waals surface area contributed by atoms with E-state index in [1.165, 1.54) is 25.6 Å². The average molecular weight is 747 g/mol. The fourth-order valence-corrected chi connectivity index (χ4v) is 9.50. The Balaban J connectivity index is 1.06. The largest absolute Gasteiger partial charge is 0.455 e. The maximum atomic E-state index is 6.85. The zero-order valence-electron chi connectivity index (χ0n) is 30.4. The van der Waals surface area contributed by atoms with E-state index in [4.69, 9.17) is 19.4 Å². The van der Waals surface area contributed by atoms with E-state index in [1.807, 2.05) is 6.07 Å². The molecule has 0 N–H and O–H groups in total. The Labute approximate surface area is 330 Å². The molecule has 5 nitrogen and oxygen atoms in total. The fourth-order valence-electron chi connectivity index (χ4n) is 8.35. The summed E-state index contributed by atoms with van der Waals surface area (Å²) in [6.07, 6.45) is 0. The standard InChI is InChI=1S/C51H30N4OS/c1-3-12-31(13-4-1)32-22-24-33(25-23-32)49-52-50(34-26-27-38-37-17-8-10-21-46(37)57-47(38)28-34)54-51(53-49)40-19-11-18-39-42-29-44-41(30-45(42)56-48(39)40)36-16-7-9-20-43(36)55(44)35-14-5-2-6-15-35/h1-30H. The lowest BCUT2D eigenvalue weighted by atomic mass is 10.0. The Morgan fingerprint density at radius 1 is 0.386 bits per heavy atom. The third-order valence-corrected chi connectivity index (χ3v) is 12.2. The van der Waals surface area contributed by atoms with E-state index in [2.05, 4.69) is 180 Å². The first-order chi connectivity index (χ1) is 28.2. The smallest absolute Gasteiger partial charge is 0.167 e. The van der Waals surface area contributed by atoms with Crippen molar-refractivity contribution in [3.05, 3.63) is 182 Å². The molecule has 0 saturated carbocycles. The summed E-state index contributed by atoms with van der Waals surface area (Å²) in [5.74, 6) is 1.78. The molecule has 0 spiro atoms. The Hall–Kier alpha value is -7.41. The molecule has 12 rings (SSSR count). The van der Waals surface area contributed by atoms with Gasteiger partial charge >= 0.3 is 0 Å². The van der Waals surface area contributed by atoms with Crippen molar-refractivity contribution in [1.29, 1.82) is 0 Å². The van der Waals surface area contributed by atoms with Crippen molar-refractivity contribution >= 4 is 75.3 Å². The van der Waals surface area contributed by atoms with Crippen molar-refractivity contribution in [2.45, 2.75) is 0 Å². The lowest BCUT2D eigenvalue weighted by Gasteiger charge is -2.10. The number of para-hydroxylation sites is 3. The summed E-state index contributed by atoms with van der Waals surface area (Å²) in [4.78, 5) is 15.5. The fraction of sp³-hybridized carbons (Fsp3) is 0. The monoisotopic (exact) mass is 746 g/mol. The highest BCUT2D eigenvalue weighted by atomic mass is 32.1. The van der Waals surface area contributed by atoms with E-state index in [1.54, 1.807) is 11.3 Å². The van der Waals surface area contributed by atoms with E-state index in [-0.39, 0.29) is 0 Å². The van der Waals surface area contributed by atoms with Crippen molar-refractivity contribution in [2.75, 3.05) is 0 Å². The van der Waals surface area contributed by atoms with E-state index in [0.717, 1.165) is 71.9 Å². The minimum absolute atomic E-state index is 0.562. The van der Waals surface area contributed by atoms with Gasteiger partial charge in [-0.1, -0.05) is 133 Å². The molecular formula is C51H30N4OS.